The zero-order valence-corrected chi connectivity index (χ0v) is 21.1. The summed E-state index contributed by atoms with van der Waals surface area (Å²) < 4.78 is 25.1. The first-order valence-electron chi connectivity index (χ1n) is 10.7. The van der Waals surface area contributed by atoms with Crippen molar-refractivity contribution in [2.45, 2.75) is 39.2 Å². The van der Waals surface area contributed by atoms with Gasteiger partial charge in [0.15, 0.2) is 23.3 Å². The number of carbonyl (C=O) groups excluding carboxylic acids is 1. The number of nitrogens with one attached hydrogen (secondary N) is 3. The zero-order chi connectivity index (χ0) is 22.2. The van der Waals surface area contributed by atoms with Crippen LogP contribution in [0.5, 0.6) is 5.75 Å². The Labute approximate surface area is 205 Å². The van der Waals surface area contributed by atoms with Crippen molar-refractivity contribution in [3.63, 3.8) is 0 Å². The van der Waals surface area contributed by atoms with E-state index in [-0.39, 0.29) is 41.7 Å². The topological polar surface area (TPSA) is 87.9 Å². The first kappa shape index (κ1) is 26.0. The summed E-state index contributed by atoms with van der Waals surface area (Å²) in [7, 11) is 1.68. The van der Waals surface area contributed by atoms with Crippen LogP contribution in [-0.4, -0.2) is 38.6 Å². The molecule has 0 spiro atoms. The number of halogens is 2. The van der Waals surface area contributed by atoms with E-state index in [1.165, 1.54) is 25.2 Å². The number of rotatable bonds is 10. The number of aliphatic imine (C=N–C) groups is 1. The summed E-state index contributed by atoms with van der Waals surface area (Å²) in [4.78, 5) is 16.2. The molecular weight excluding hydrogens is 526 g/mol. The van der Waals surface area contributed by atoms with E-state index in [4.69, 9.17) is 9.15 Å². The van der Waals surface area contributed by atoms with Crippen LogP contribution < -0.4 is 20.7 Å². The lowest BCUT2D eigenvalue weighted by molar-refractivity contribution is 0.0925. The van der Waals surface area contributed by atoms with Gasteiger partial charge >= 0.3 is 0 Å². The summed E-state index contributed by atoms with van der Waals surface area (Å²) in [5.74, 6) is 1.27. The van der Waals surface area contributed by atoms with Crippen LogP contribution in [0, 0.1) is 18.7 Å². The number of ether oxygens (including phenoxy) is 1. The second-order valence-electron chi connectivity index (χ2n) is 7.85. The van der Waals surface area contributed by atoms with Crippen molar-refractivity contribution >= 4 is 35.8 Å². The molecule has 9 heteroatoms. The summed E-state index contributed by atoms with van der Waals surface area (Å²) >= 11 is 0. The van der Waals surface area contributed by atoms with Crippen molar-refractivity contribution < 1.29 is 18.3 Å². The third kappa shape index (κ3) is 7.68. The largest absolute Gasteiger partial charge is 0.490 e. The Morgan fingerprint density at radius 1 is 1.28 bits per heavy atom. The summed E-state index contributed by atoms with van der Waals surface area (Å²) in [5.41, 5.74) is 1.62. The number of amides is 1. The highest BCUT2D eigenvalue weighted by atomic mass is 127. The number of carbonyl (C=O) groups is 1. The highest BCUT2D eigenvalue weighted by Gasteiger charge is 2.22. The monoisotopic (exact) mass is 558 g/mol. The fourth-order valence-corrected chi connectivity index (χ4v) is 3.06. The molecule has 3 rings (SSSR count). The van der Waals surface area contributed by atoms with Gasteiger partial charge in [-0.1, -0.05) is 6.07 Å². The van der Waals surface area contributed by atoms with Crippen molar-refractivity contribution in [2.75, 3.05) is 26.7 Å². The van der Waals surface area contributed by atoms with Crippen molar-refractivity contribution in [1.29, 1.82) is 0 Å². The highest BCUT2D eigenvalue weighted by Crippen LogP contribution is 2.30. The predicted molar refractivity (Wildman–Crippen MR) is 133 cm³/mol. The molecule has 1 saturated carbocycles. The van der Waals surface area contributed by atoms with Gasteiger partial charge in [0, 0.05) is 25.7 Å². The van der Waals surface area contributed by atoms with Gasteiger partial charge in [0.25, 0.3) is 5.91 Å². The molecule has 0 radical (unpaired) electrons. The molecule has 176 valence electrons. The van der Waals surface area contributed by atoms with Gasteiger partial charge < -0.3 is 25.1 Å². The molecule has 1 heterocycles. The summed E-state index contributed by atoms with van der Waals surface area (Å²) in [5, 5.41) is 9.28. The molecule has 0 aliphatic heterocycles. The van der Waals surface area contributed by atoms with Crippen LogP contribution in [-0.2, 0) is 0 Å². The first-order valence-corrected chi connectivity index (χ1v) is 10.7. The minimum atomic E-state index is -0.350. The van der Waals surface area contributed by atoms with Gasteiger partial charge in [0.1, 0.15) is 0 Å². The van der Waals surface area contributed by atoms with Crippen LogP contribution in [0.1, 0.15) is 53.9 Å². The lowest BCUT2D eigenvalue weighted by Gasteiger charge is -2.19. The molecule has 0 bridgehead atoms. The lowest BCUT2D eigenvalue weighted by atomic mass is 10.1. The van der Waals surface area contributed by atoms with Crippen molar-refractivity contribution in [3.8, 4) is 5.75 Å². The summed E-state index contributed by atoms with van der Waals surface area (Å²) in [6.45, 7) is 5.48. The Morgan fingerprint density at radius 2 is 2.03 bits per heavy atom. The van der Waals surface area contributed by atoms with E-state index in [2.05, 4.69) is 20.9 Å². The van der Waals surface area contributed by atoms with Gasteiger partial charge in [0.05, 0.1) is 18.9 Å². The van der Waals surface area contributed by atoms with Crippen LogP contribution >= 0.6 is 24.0 Å². The van der Waals surface area contributed by atoms with Crippen LogP contribution in [0.4, 0.5) is 4.39 Å². The zero-order valence-electron chi connectivity index (χ0n) is 18.7. The lowest BCUT2D eigenvalue weighted by Crippen LogP contribution is -2.40. The quantitative estimate of drug-likeness (QED) is 0.176. The number of benzene rings is 1. The average Bonchev–Trinajstić information content (AvgIpc) is 3.49. The molecule has 1 unspecified atom stereocenters. The molecule has 7 nitrogen and oxygen atoms in total. The van der Waals surface area contributed by atoms with Gasteiger partial charge in [-0.3, -0.25) is 9.79 Å². The van der Waals surface area contributed by atoms with Crippen molar-refractivity contribution in [1.82, 2.24) is 16.0 Å². The maximum atomic E-state index is 14.3. The Kier molecular flexibility index (Phi) is 10.3. The van der Waals surface area contributed by atoms with Crippen LogP contribution in [0.3, 0.4) is 0 Å². The normalized spacial score (nSPS) is 14.3. The van der Waals surface area contributed by atoms with Gasteiger partial charge in [0.2, 0.25) is 0 Å². The minimum Gasteiger partial charge on any atom is -0.490 e. The van der Waals surface area contributed by atoms with E-state index in [9.17, 15) is 9.18 Å². The van der Waals surface area contributed by atoms with Gasteiger partial charge in [-0.25, -0.2) is 4.39 Å². The molecule has 1 fully saturated rings. The molecule has 0 saturated heterocycles. The maximum absolute atomic E-state index is 14.3. The van der Waals surface area contributed by atoms with E-state index in [0.717, 1.165) is 11.1 Å². The molecule has 3 N–H and O–H groups in total. The van der Waals surface area contributed by atoms with E-state index >= 15 is 0 Å². The Bertz CT molecular complexity index is 914. The van der Waals surface area contributed by atoms with Gasteiger partial charge in [-0.2, -0.15) is 0 Å². The molecule has 1 aromatic carbocycles. The van der Waals surface area contributed by atoms with Crippen LogP contribution in [0.25, 0.3) is 0 Å². The molecule has 32 heavy (non-hydrogen) atoms. The first-order chi connectivity index (χ1) is 15.0. The number of furan rings is 1. The second-order valence-corrected chi connectivity index (χ2v) is 7.85. The Hall–Kier alpha value is -2.30. The van der Waals surface area contributed by atoms with Gasteiger partial charge in [-0.15, -0.1) is 24.0 Å². The van der Waals surface area contributed by atoms with E-state index in [0.29, 0.717) is 49.5 Å². The smallest absolute Gasteiger partial charge is 0.287 e. The number of guanidine groups is 1. The predicted octanol–water partition coefficient (Wildman–Crippen LogP) is 4.18. The number of hydrogen-bond donors (Lipinski definition) is 3. The second kappa shape index (κ2) is 12.7. The van der Waals surface area contributed by atoms with Gasteiger partial charge in [-0.05, 0) is 62.8 Å². The Balaban J connectivity index is 0.00000363. The number of nitrogens with zero attached hydrogens (tertiary/aromatic N) is 1. The molecule has 1 aromatic heterocycles. The average molecular weight is 558 g/mol. The molecule has 1 amide bonds. The SMILES string of the molecule is CN=C(NCCCNC(=O)c1occc1C)NC(C)c1ccc(OCC2CC2)c(F)c1.I. The fraction of sp³-hybridized carbons (Fsp3) is 0.478. The Morgan fingerprint density at radius 3 is 2.66 bits per heavy atom. The molecular formula is C23H32FIN4O3. The molecule has 1 aliphatic rings. The molecule has 1 aliphatic carbocycles. The summed E-state index contributed by atoms with van der Waals surface area (Å²) in [6, 6.07) is 6.67. The fourth-order valence-electron chi connectivity index (χ4n) is 3.06. The third-order valence-corrected chi connectivity index (χ3v) is 5.20. The third-order valence-electron chi connectivity index (χ3n) is 5.20. The highest BCUT2D eigenvalue weighted by molar-refractivity contribution is 14.0. The van der Waals surface area contributed by atoms with E-state index in [1.807, 2.05) is 19.9 Å². The summed E-state index contributed by atoms with van der Waals surface area (Å²) in [6.07, 6.45) is 4.55. The van der Waals surface area contributed by atoms with Crippen molar-refractivity contribution in [3.05, 3.63) is 53.2 Å². The van der Waals surface area contributed by atoms with E-state index in [1.54, 1.807) is 19.2 Å². The molecule has 1 atom stereocenters. The minimum absolute atomic E-state index is 0. The number of hydrogen-bond acceptors (Lipinski definition) is 4. The molecule has 2 aromatic rings. The van der Waals surface area contributed by atoms with Crippen LogP contribution in [0.2, 0.25) is 0 Å². The standard InChI is InChI=1S/C23H31FN4O3.HI/c1-15-9-12-30-21(15)22(29)26-10-4-11-27-23(25-3)28-16(2)18-7-8-20(19(24)13-18)31-14-17-5-6-17;/h7-9,12-13,16-17H,4-6,10-11,14H2,1-3H3,(H,26,29)(H2,25,27,28);1H. The maximum Gasteiger partial charge on any atom is 0.287 e. The number of aryl methyl sites for hydroxylation is 1. The van der Waals surface area contributed by atoms with Crippen molar-refractivity contribution in [2.24, 2.45) is 10.9 Å². The van der Waals surface area contributed by atoms with Crippen LogP contribution in [0.15, 0.2) is 39.9 Å². The van der Waals surface area contributed by atoms with E-state index < -0.39 is 0 Å².